The third-order valence-electron chi connectivity index (χ3n) is 3.53. The summed E-state index contributed by atoms with van der Waals surface area (Å²) in [5, 5.41) is 0.250. The van der Waals surface area contributed by atoms with E-state index in [1.807, 2.05) is 19.9 Å². The predicted molar refractivity (Wildman–Crippen MR) is 73.1 cm³/mol. The molecule has 1 aliphatic carbocycles. The van der Waals surface area contributed by atoms with Crippen molar-refractivity contribution in [1.29, 1.82) is 0 Å². The fourth-order valence-electron chi connectivity index (χ4n) is 2.24. The molecule has 2 rings (SSSR count). The lowest BCUT2D eigenvalue weighted by molar-refractivity contribution is 0.196. The minimum atomic E-state index is -0.319. The Balaban J connectivity index is 0.000000686. The van der Waals surface area contributed by atoms with Gasteiger partial charge in [-0.15, -0.1) is 0 Å². The second kappa shape index (κ2) is 6.39. The van der Waals surface area contributed by atoms with E-state index in [-0.39, 0.29) is 10.8 Å². The van der Waals surface area contributed by atoms with E-state index in [4.69, 9.17) is 11.6 Å². The van der Waals surface area contributed by atoms with Crippen molar-refractivity contribution in [3.8, 4) is 0 Å². The molecular formula is C15H22ClF. The van der Waals surface area contributed by atoms with Crippen LogP contribution in [-0.4, -0.2) is 0 Å². The van der Waals surface area contributed by atoms with Crippen LogP contribution in [0.1, 0.15) is 52.0 Å². The Bertz CT molecular complexity index is 354. The molecular weight excluding hydrogens is 235 g/mol. The Labute approximate surface area is 109 Å². The van der Waals surface area contributed by atoms with Crippen LogP contribution in [0, 0.1) is 17.7 Å². The number of hydrogen-bond donors (Lipinski definition) is 0. The molecule has 0 saturated heterocycles. The third kappa shape index (κ3) is 3.45. The van der Waals surface area contributed by atoms with Gasteiger partial charge in [0.15, 0.2) is 0 Å². The maximum absolute atomic E-state index is 13.0. The molecule has 2 heteroatoms. The molecule has 0 amide bonds. The number of benzene rings is 1. The molecule has 17 heavy (non-hydrogen) atoms. The zero-order valence-corrected chi connectivity index (χ0v) is 11.9. The minimum Gasteiger partial charge on any atom is -0.205 e. The molecule has 1 fully saturated rings. The van der Waals surface area contributed by atoms with Gasteiger partial charge in [0.05, 0.1) is 5.02 Å². The molecule has 1 saturated carbocycles. The average Bonchev–Trinajstić information content (AvgIpc) is 2.23. The summed E-state index contributed by atoms with van der Waals surface area (Å²) in [7, 11) is 0. The van der Waals surface area contributed by atoms with Gasteiger partial charge in [-0.2, -0.15) is 0 Å². The van der Waals surface area contributed by atoms with Crippen LogP contribution < -0.4 is 0 Å². The average molecular weight is 257 g/mol. The molecule has 1 aliphatic rings. The zero-order chi connectivity index (χ0) is 13.0. The molecule has 1 aromatic carbocycles. The van der Waals surface area contributed by atoms with E-state index in [0.29, 0.717) is 5.92 Å². The van der Waals surface area contributed by atoms with Crippen molar-refractivity contribution in [2.75, 3.05) is 0 Å². The Morgan fingerprint density at radius 1 is 1.24 bits per heavy atom. The second-order valence-electron chi connectivity index (χ2n) is 4.85. The Hall–Kier alpha value is -0.560. The quantitative estimate of drug-likeness (QED) is 0.641. The van der Waals surface area contributed by atoms with Crippen LogP contribution in [0.2, 0.25) is 5.02 Å². The van der Waals surface area contributed by atoms with Crippen LogP contribution in [0.15, 0.2) is 18.2 Å². The van der Waals surface area contributed by atoms with Crippen molar-refractivity contribution in [1.82, 2.24) is 0 Å². The van der Waals surface area contributed by atoms with Gasteiger partial charge >= 0.3 is 0 Å². The smallest absolute Gasteiger partial charge is 0.141 e. The van der Waals surface area contributed by atoms with Crippen molar-refractivity contribution < 1.29 is 4.39 Å². The molecule has 0 spiro atoms. The lowest BCUT2D eigenvalue weighted by atomic mass is 9.67. The summed E-state index contributed by atoms with van der Waals surface area (Å²) in [5.74, 6) is 1.87. The first kappa shape index (κ1) is 14.5. The molecule has 0 aliphatic heterocycles. The van der Waals surface area contributed by atoms with Gasteiger partial charge in [0.1, 0.15) is 5.82 Å². The van der Waals surface area contributed by atoms with E-state index < -0.39 is 0 Å². The van der Waals surface area contributed by atoms with Crippen molar-refractivity contribution in [3.63, 3.8) is 0 Å². The number of rotatable bonds is 2. The maximum atomic E-state index is 13.0. The molecule has 0 N–H and O–H groups in total. The van der Waals surface area contributed by atoms with Gasteiger partial charge in [0.2, 0.25) is 0 Å². The summed E-state index contributed by atoms with van der Waals surface area (Å²) in [5.41, 5.74) is 1.19. The van der Waals surface area contributed by atoms with Crippen molar-refractivity contribution >= 4 is 11.6 Å². The second-order valence-corrected chi connectivity index (χ2v) is 5.25. The van der Waals surface area contributed by atoms with Gasteiger partial charge in [-0.25, -0.2) is 4.39 Å². The molecule has 0 bridgehead atoms. The summed E-state index contributed by atoms with van der Waals surface area (Å²) in [6.07, 6.45) is 2.44. The first-order chi connectivity index (χ1) is 8.08. The van der Waals surface area contributed by atoms with E-state index in [1.165, 1.54) is 24.5 Å². The standard InChI is InChI=1S/C13H16ClF.C2H6/c1-8(2)10-5-11(6-10)9-3-4-13(15)12(14)7-9;1-2/h3-4,7-8,10-11H,5-6H2,1-2H3;1-2H3. The topological polar surface area (TPSA) is 0 Å². The van der Waals surface area contributed by atoms with Gasteiger partial charge in [-0.05, 0) is 48.3 Å². The summed E-state index contributed by atoms with van der Waals surface area (Å²) >= 11 is 5.76. The molecule has 0 radical (unpaired) electrons. The van der Waals surface area contributed by atoms with Gasteiger partial charge in [-0.3, -0.25) is 0 Å². The highest BCUT2D eigenvalue weighted by Gasteiger charge is 2.32. The van der Waals surface area contributed by atoms with Gasteiger partial charge in [0.25, 0.3) is 0 Å². The minimum absolute atomic E-state index is 0.250. The van der Waals surface area contributed by atoms with Gasteiger partial charge < -0.3 is 0 Å². The van der Waals surface area contributed by atoms with E-state index in [2.05, 4.69) is 13.8 Å². The van der Waals surface area contributed by atoms with E-state index >= 15 is 0 Å². The van der Waals surface area contributed by atoms with Crippen LogP contribution in [0.25, 0.3) is 0 Å². The molecule has 0 atom stereocenters. The number of halogens is 2. The fraction of sp³-hybridized carbons (Fsp3) is 0.600. The largest absolute Gasteiger partial charge is 0.205 e. The van der Waals surface area contributed by atoms with Gasteiger partial charge in [-0.1, -0.05) is 45.4 Å². The third-order valence-corrected chi connectivity index (χ3v) is 3.82. The summed E-state index contributed by atoms with van der Waals surface area (Å²) < 4.78 is 13.0. The number of hydrogen-bond acceptors (Lipinski definition) is 0. The summed E-state index contributed by atoms with van der Waals surface area (Å²) in [6.45, 7) is 8.52. The Morgan fingerprint density at radius 2 is 1.82 bits per heavy atom. The van der Waals surface area contributed by atoms with Crippen molar-refractivity contribution in [3.05, 3.63) is 34.6 Å². The SMILES string of the molecule is CC.CC(C)C1CC(c2ccc(F)c(Cl)c2)C1. The zero-order valence-electron chi connectivity index (χ0n) is 11.1. The molecule has 0 nitrogen and oxygen atoms in total. The monoisotopic (exact) mass is 256 g/mol. The van der Waals surface area contributed by atoms with Crippen LogP contribution in [0.4, 0.5) is 4.39 Å². The molecule has 96 valence electrons. The van der Waals surface area contributed by atoms with Crippen LogP contribution >= 0.6 is 11.6 Å². The van der Waals surface area contributed by atoms with Gasteiger partial charge in [0, 0.05) is 0 Å². The Morgan fingerprint density at radius 3 is 2.29 bits per heavy atom. The highest BCUT2D eigenvalue weighted by molar-refractivity contribution is 6.30. The van der Waals surface area contributed by atoms with Crippen LogP contribution in [0.5, 0.6) is 0 Å². The van der Waals surface area contributed by atoms with E-state index in [9.17, 15) is 4.39 Å². The Kier molecular flexibility index (Phi) is 5.45. The summed E-state index contributed by atoms with van der Waals surface area (Å²) in [4.78, 5) is 0. The highest BCUT2D eigenvalue weighted by atomic mass is 35.5. The summed E-state index contributed by atoms with van der Waals surface area (Å²) in [6, 6.07) is 5.11. The van der Waals surface area contributed by atoms with E-state index in [0.717, 1.165) is 11.8 Å². The molecule has 0 heterocycles. The lowest BCUT2D eigenvalue weighted by Crippen LogP contribution is -2.26. The molecule has 0 unspecified atom stereocenters. The van der Waals surface area contributed by atoms with Crippen molar-refractivity contribution in [2.45, 2.75) is 46.5 Å². The lowest BCUT2D eigenvalue weighted by Gasteiger charge is -2.38. The fourth-order valence-corrected chi connectivity index (χ4v) is 2.43. The maximum Gasteiger partial charge on any atom is 0.141 e. The highest BCUT2D eigenvalue weighted by Crippen LogP contribution is 2.45. The van der Waals surface area contributed by atoms with E-state index in [1.54, 1.807) is 6.07 Å². The van der Waals surface area contributed by atoms with Crippen molar-refractivity contribution in [2.24, 2.45) is 11.8 Å². The molecule has 1 aromatic rings. The van der Waals surface area contributed by atoms with Crippen LogP contribution in [0.3, 0.4) is 0 Å². The first-order valence-electron chi connectivity index (χ1n) is 6.53. The predicted octanol–water partition coefficient (Wildman–Crippen LogP) is 5.65. The normalized spacial score (nSPS) is 22.8. The molecule has 0 aromatic heterocycles. The first-order valence-corrected chi connectivity index (χ1v) is 6.90. The van der Waals surface area contributed by atoms with Crippen LogP contribution in [-0.2, 0) is 0 Å².